The quantitative estimate of drug-likeness (QED) is 0.404. The van der Waals surface area contributed by atoms with Crippen LogP contribution in [0.4, 0.5) is 0 Å². The van der Waals surface area contributed by atoms with Gasteiger partial charge in [-0.15, -0.1) is 0 Å². The van der Waals surface area contributed by atoms with Crippen molar-refractivity contribution in [1.82, 2.24) is 25.8 Å². The van der Waals surface area contributed by atoms with Crippen molar-refractivity contribution in [3.05, 3.63) is 0 Å². The van der Waals surface area contributed by atoms with Crippen molar-refractivity contribution in [2.75, 3.05) is 46.4 Å². The summed E-state index contributed by atoms with van der Waals surface area (Å²) in [6.07, 6.45) is 12.8. The van der Waals surface area contributed by atoms with E-state index in [9.17, 15) is 9.59 Å². The molecule has 0 bridgehead atoms. The predicted molar refractivity (Wildman–Crippen MR) is 172 cm³/mol. The summed E-state index contributed by atoms with van der Waals surface area (Å²) in [4.78, 5) is 30.0. The fourth-order valence-electron chi connectivity index (χ4n) is 12.3. The summed E-state index contributed by atoms with van der Waals surface area (Å²) in [7, 11) is 2.13. The molecular formula is C36H61N5O3. The van der Waals surface area contributed by atoms with Crippen molar-refractivity contribution in [1.29, 1.82) is 0 Å². The molecule has 3 heterocycles. The van der Waals surface area contributed by atoms with Gasteiger partial charge in [-0.2, -0.15) is 0 Å². The van der Waals surface area contributed by atoms with Crippen molar-refractivity contribution >= 4 is 11.8 Å². The second-order valence-corrected chi connectivity index (χ2v) is 17.2. The van der Waals surface area contributed by atoms with Crippen LogP contribution in [0.3, 0.4) is 0 Å². The monoisotopic (exact) mass is 611 g/mol. The lowest BCUT2D eigenvalue weighted by Gasteiger charge is -2.61. The van der Waals surface area contributed by atoms with Crippen LogP contribution in [0.25, 0.3) is 0 Å². The lowest BCUT2D eigenvalue weighted by atomic mass is 9.44. The molecule has 1 unspecified atom stereocenters. The maximum Gasteiger partial charge on any atom is 0.230 e. The number of amides is 2. The van der Waals surface area contributed by atoms with Gasteiger partial charge in [-0.1, -0.05) is 27.7 Å². The fraction of sp³-hybridized carbons (Fsp3) is 0.944. The van der Waals surface area contributed by atoms with Crippen molar-refractivity contribution in [3.8, 4) is 0 Å². The van der Waals surface area contributed by atoms with Crippen LogP contribution in [0, 0.1) is 52.3 Å². The third kappa shape index (κ3) is 5.35. The molecule has 248 valence electrons. The van der Waals surface area contributed by atoms with Crippen LogP contribution in [-0.2, 0) is 14.3 Å². The van der Waals surface area contributed by atoms with Crippen molar-refractivity contribution in [3.63, 3.8) is 0 Å². The van der Waals surface area contributed by atoms with Crippen LogP contribution in [0.5, 0.6) is 0 Å². The van der Waals surface area contributed by atoms with Gasteiger partial charge in [-0.05, 0) is 118 Å². The molecule has 7 rings (SSSR count). The SMILES string of the molecule is C[C@@H]1CC[C@@]2(NC1)O[C@H]1C[C@H]3[C@@H]4CC[C@@H]5CC(NC(=O)CC(=O)NCN6CCN(C)CC6)CC[C@]5(C)[C@H]4CC[C@]3(C)[C@H]1[C@@H]2C. The van der Waals surface area contributed by atoms with Crippen molar-refractivity contribution < 1.29 is 14.3 Å². The number of ether oxygens (including phenoxy) is 1. The van der Waals surface area contributed by atoms with E-state index in [4.69, 9.17) is 4.74 Å². The lowest BCUT2D eigenvalue weighted by molar-refractivity contribution is -0.137. The zero-order chi connectivity index (χ0) is 30.9. The van der Waals surface area contributed by atoms with Gasteiger partial charge in [0.25, 0.3) is 0 Å². The molecular weight excluding hydrogens is 550 g/mol. The summed E-state index contributed by atoms with van der Waals surface area (Å²) in [5.41, 5.74) is 0.695. The van der Waals surface area contributed by atoms with E-state index in [1.165, 1.54) is 51.4 Å². The highest BCUT2D eigenvalue weighted by molar-refractivity contribution is 5.96. The zero-order valence-corrected chi connectivity index (χ0v) is 28.3. The van der Waals surface area contributed by atoms with Crippen LogP contribution in [-0.4, -0.2) is 85.9 Å². The molecule has 0 aromatic rings. The molecule has 3 aliphatic heterocycles. The Bertz CT molecular complexity index is 1090. The number of hydrogen-bond donors (Lipinski definition) is 3. The Balaban J connectivity index is 0.927. The number of nitrogens with one attached hydrogen (secondary N) is 3. The number of piperazine rings is 1. The summed E-state index contributed by atoms with van der Waals surface area (Å²) >= 11 is 0. The van der Waals surface area contributed by atoms with Crippen molar-refractivity contribution in [2.24, 2.45) is 52.3 Å². The normalized spacial score (nSPS) is 49.1. The number of carbonyl (C=O) groups excluding carboxylic acids is 2. The number of nitrogens with zero attached hydrogens (tertiary/aromatic N) is 2. The Morgan fingerprint density at radius 1 is 0.886 bits per heavy atom. The summed E-state index contributed by atoms with van der Waals surface area (Å²) in [6, 6.07) is 0.207. The molecule has 12 atom stereocenters. The number of likely N-dealkylation sites (N-methyl/N-ethyl adjacent to an activating group) is 1. The molecule has 3 N–H and O–H groups in total. The smallest absolute Gasteiger partial charge is 0.230 e. The van der Waals surface area contributed by atoms with E-state index in [-0.39, 0.29) is 30.0 Å². The van der Waals surface area contributed by atoms with Crippen LogP contribution in [0.2, 0.25) is 0 Å². The summed E-state index contributed by atoms with van der Waals surface area (Å²) in [5.74, 6) is 4.84. The van der Waals surface area contributed by atoms with E-state index in [1.54, 1.807) is 0 Å². The standard InChI is InChI=1S/C36H61N5O3/c1-23-8-13-36(38-21-23)24(2)33-30(44-36)19-29-27-7-6-25-18-26(9-11-34(25,3)28(27)10-12-35(29,33)4)39-32(43)20-31(42)37-22-41-16-14-40(5)15-17-41/h23-30,33,38H,6-22H2,1-5H3,(H,37,42)(H,39,43)/t23-,24+,25-,26?,27-,28+,29+,30+,33+,34+,35+,36-/m1/s1. The van der Waals surface area contributed by atoms with Gasteiger partial charge in [0.1, 0.15) is 12.1 Å². The van der Waals surface area contributed by atoms with Crippen molar-refractivity contribution in [2.45, 2.75) is 116 Å². The Hall–Kier alpha value is -1.22. The molecule has 0 aromatic heterocycles. The molecule has 4 saturated carbocycles. The van der Waals surface area contributed by atoms with Crippen LogP contribution < -0.4 is 16.0 Å². The first-order valence-corrected chi connectivity index (χ1v) is 18.4. The molecule has 44 heavy (non-hydrogen) atoms. The highest BCUT2D eigenvalue weighted by atomic mass is 16.5. The minimum Gasteiger partial charge on any atom is -0.357 e. The highest BCUT2D eigenvalue weighted by Crippen LogP contribution is 2.71. The first-order valence-electron chi connectivity index (χ1n) is 18.4. The zero-order valence-electron chi connectivity index (χ0n) is 28.3. The average molecular weight is 612 g/mol. The van der Waals surface area contributed by atoms with E-state index in [0.29, 0.717) is 41.4 Å². The number of hydrogen-bond acceptors (Lipinski definition) is 6. The highest BCUT2D eigenvalue weighted by Gasteiger charge is 2.68. The average Bonchev–Trinajstić information content (AvgIpc) is 3.44. The van der Waals surface area contributed by atoms with E-state index in [1.807, 2.05) is 0 Å². The van der Waals surface area contributed by atoms with Crippen LogP contribution in [0.15, 0.2) is 0 Å². The first-order chi connectivity index (χ1) is 21.0. The van der Waals surface area contributed by atoms with E-state index in [2.05, 4.69) is 60.5 Å². The Morgan fingerprint density at radius 3 is 2.41 bits per heavy atom. The maximum absolute atomic E-state index is 12.9. The van der Waals surface area contributed by atoms with Gasteiger partial charge < -0.3 is 20.3 Å². The van der Waals surface area contributed by atoms with E-state index >= 15 is 0 Å². The van der Waals surface area contributed by atoms with Gasteiger partial charge in [0.2, 0.25) is 11.8 Å². The van der Waals surface area contributed by atoms with Gasteiger partial charge in [0.15, 0.2) is 0 Å². The molecule has 7 aliphatic rings. The van der Waals surface area contributed by atoms with Gasteiger partial charge in [-0.25, -0.2) is 0 Å². The second kappa shape index (κ2) is 11.8. The third-order valence-electron chi connectivity index (χ3n) is 14.9. The molecule has 8 nitrogen and oxygen atoms in total. The molecule has 4 aliphatic carbocycles. The Labute approximate surface area is 266 Å². The second-order valence-electron chi connectivity index (χ2n) is 17.2. The van der Waals surface area contributed by atoms with Gasteiger partial charge >= 0.3 is 0 Å². The van der Waals surface area contributed by atoms with E-state index < -0.39 is 0 Å². The maximum atomic E-state index is 12.9. The largest absolute Gasteiger partial charge is 0.357 e. The molecule has 8 heteroatoms. The molecule has 0 radical (unpaired) electrons. The Kier molecular flexibility index (Phi) is 8.41. The first kappa shape index (κ1) is 31.4. The molecule has 2 amide bonds. The Morgan fingerprint density at radius 2 is 1.66 bits per heavy atom. The summed E-state index contributed by atoms with van der Waals surface area (Å²) < 4.78 is 7.09. The third-order valence-corrected chi connectivity index (χ3v) is 14.9. The van der Waals surface area contributed by atoms with Crippen LogP contribution in [0.1, 0.15) is 98.3 Å². The molecule has 7 fully saturated rings. The number of carbonyl (C=O) groups is 2. The number of piperidine rings is 1. The number of rotatable bonds is 5. The minimum atomic E-state index is -0.160. The topological polar surface area (TPSA) is 85.9 Å². The predicted octanol–water partition coefficient (Wildman–Crippen LogP) is 4.20. The van der Waals surface area contributed by atoms with E-state index in [0.717, 1.165) is 69.2 Å². The molecule has 0 aromatic carbocycles. The van der Waals surface area contributed by atoms with Gasteiger partial charge in [0.05, 0.1) is 12.8 Å². The summed E-state index contributed by atoms with van der Waals surface area (Å²) in [6.45, 7) is 15.7. The van der Waals surface area contributed by atoms with Crippen LogP contribution >= 0.6 is 0 Å². The molecule has 3 saturated heterocycles. The van der Waals surface area contributed by atoms with Gasteiger partial charge in [-0.3, -0.25) is 19.8 Å². The molecule has 1 spiro atoms. The fourth-order valence-corrected chi connectivity index (χ4v) is 12.3. The minimum absolute atomic E-state index is 0.0597. The number of fused-ring (bicyclic) bond motifs is 7. The lowest BCUT2D eigenvalue weighted by Crippen LogP contribution is -2.58. The summed E-state index contributed by atoms with van der Waals surface area (Å²) in [5, 5.41) is 10.2. The van der Waals surface area contributed by atoms with Gasteiger partial charge in [0, 0.05) is 44.7 Å².